The Morgan fingerprint density at radius 2 is 1.00 bits per heavy atom. The van der Waals surface area contributed by atoms with Gasteiger partial charge in [0.25, 0.3) is 0 Å². The van der Waals surface area contributed by atoms with Crippen LogP contribution in [-0.4, -0.2) is 24.1 Å². The molecule has 1 aliphatic carbocycles. The number of benzene rings is 6. The molecule has 0 N–H and O–H groups in total. The molecular formula is C43H29N5. The van der Waals surface area contributed by atoms with E-state index in [2.05, 4.69) is 143 Å². The predicted molar refractivity (Wildman–Crippen MR) is 198 cm³/mol. The van der Waals surface area contributed by atoms with Gasteiger partial charge in [0.1, 0.15) is 0 Å². The minimum absolute atomic E-state index is 0.603. The fraction of sp³-hybridized carbons (Fsp3) is 0.0465. The Bertz CT molecular complexity index is 2770. The number of rotatable bonds is 4. The van der Waals surface area contributed by atoms with E-state index in [0.29, 0.717) is 17.6 Å². The fourth-order valence-electron chi connectivity index (χ4n) is 7.54. The third-order valence-electron chi connectivity index (χ3n) is 9.56. The summed E-state index contributed by atoms with van der Waals surface area (Å²) in [6.45, 7) is 0. The maximum Gasteiger partial charge on any atom is 0.238 e. The summed E-state index contributed by atoms with van der Waals surface area (Å²) in [5.41, 5.74) is 7.51. The number of allylic oxidation sites excluding steroid dienone is 4. The van der Waals surface area contributed by atoms with E-state index >= 15 is 0 Å². The molecule has 0 saturated carbocycles. The Hall–Kier alpha value is -6.33. The summed E-state index contributed by atoms with van der Waals surface area (Å²) in [7, 11) is 0. The highest BCUT2D eigenvalue weighted by molar-refractivity contribution is 6.36. The van der Waals surface area contributed by atoms with Gasteiger partial charge < -0.3 is 4.57 Å². The molecule has 0 saturated heterocycles. The van der Waals surface area contributed by atoms with Gasteiger partial charge in [-0.05, 0) is 47.9 Å². The first-order valence-corrected chi connectivity index (χ1v) is 16.5. The third-order valence-corrected chi connectivity index (χ3v) is 9.56. The van der Waals surface area contributed by atoms with Crippen molar-refractivity contribution in [3.05, 3.63) is 158 Å². The van der Waals surface area contributed by atoms with Crippen LogP contribution in [0.15, 0.2) is 152 Å². The smallest absolute Gasteiger partial charge is 0.238 e. The van der Waals surface area contributed by atoms with Crippen molar-refractivity contribution < 1.29 is 0 Å². The first kappa shape index (κ1) is 26.8. The predicted octanol–water partition coefficient (Wildman–Crippen LogP) is 10.6. The Labute approximate surface area is 276 Å². The molecule has 5 heteroatoms. The summed E-state index contributed by atoms with van der Waals surface area (Å²) < 4.78 is 4.70. The zero-order valence-electron chi connectivity index (χ0n) is 26.1. The largest absolute Gasteiger partial charge is 0.307 e. The van der Waals surface area contributed by atoms with Gasteiger partial charge in [-0.15, -0.1) is 0 Å². The van der Waals surface area contributed by atoms with E-state index in [1.807, 2.05) is 18.2 Å². The first-order valence-electron chi connectivity index (χ1n) is 16.5. The van der Waals surface area contributed by atoms with E-state index in [4.69, 9.17) is 15.0 Å². The molecule has 0 bridgehead atoms. The lowest BCUT2D eigenvalue weighted by molar-refractivity contribution is 0.928. The average Bonchev–Trinajstić information content (AvgIpc) is 3.70. The van der Waals surface area contributed by atoms with Crippen LogP contribution in [0.25, 0.3) is 83.0 Å². The van der Waals surface area contributed by atoms with Crippen LogP contribution < -0.4 is 0 Å². The van der Waals surface area contributed by atoms with Crippen molar-refractivity contribution in [2.24, 2.45) is 0 Å². The van der Waals surface area contributed by atoms with Gasteiger partial charge in [-0.1, -0.05) is 127 Å². The molecule has 5 nitrogen and oxygen atoms in total. The highest BCUT2D eigenvalue weighted by Crippen LogP contribution is 2.46. The van der Waals surface area contributed by atoms with Gasteiger partial charge in [-0.3, -0.25) is 4.57 Å². The summed E-state index contributed by atoms with van der Waals surface area (Å²) in [6.07, 6.45) is 8.57. The maximum absolute atomic E-state index is 5.28. The van der Waals surface area contributed by atoms with Crippen LogP contribution >= 0.6 is 0 Å². The summed E-state index contributed by atoms with van der Waals surface area (Å²) in [5, 5.41) is 7.22. The number of fused-ring (bicyclic) bond motifs is 10. The van der Waals surface area contributed by atoms with Crippen LogP contribution in [-0.2, 0) is 0 Å². The first-order chi connectivity index (χ1) is 23.8. The number of hydrogen-bond acceptors (Lipinski definition) is 3. The van der Waals surface area contributed by atoms with Gasteiger partial charge in [0, 0.05) is 38.4 Å². The van der Waals surface area contributed by atoms with Gasteiger partial charge in [-0.25, -0.2) is 4.98 Å². The molecule has 3 aromatic heterocycles. The van der Waals surface area contributed by atoms with Crippen molar-refractivity contribution >= 4 is 60.0 Å². The Morgan fingerprint density at radius 3 is 1.65 bits per heavy atom. The molecule has 0 spiro atoms. The zero-order valence-corrected chi connectivity index (χ0v) is 26.1. The topological polar surface area (TPSA) is 48.5 Å². The molecule has 0 amide bonds. The van der Waals surface area contributed by atoms with Crippen molar-refractivity contribution in [1.29, 1.82) is 0 Å². The normalized spacial score (nSPS) is 13.3. The number of para-hydroxylation sites is 3. The monoisotopic (exact) mass is 615 g/mol. The standard InChI is InChI=1S/C43H29N5/c1-4-16-28(17-5-1)41-44-42(29-18-6-2-7-19-29)46-43(45-41)48-36-27-15-13-25-34(36)38-32-23-11-10-22-31(32)37-33-24-12-14-26-35(33)47(39(37)40(38)48)30-20-8-3-9-21-30/h1,3-6,8-27H,2,7H2. The lowest BCUT2D eigenvalue weighted by Crippen LogP contribution is -2.09. The van der Waals surface area contributed by atoms with Crippen molar-refractivity contribution in [2.45, 2.75) is 12.8 Å². The molecule has 0 radical (unpaired) electrons. The minimum Gasteiger partial charge on any atom is -0.307 e. The highest BCUT2D eigenvalue weighted by Gasteiger charge is 2.26. The summed E-state index contributed by atoms with van der Waals surface area (Å²) >= 11 is 0. The Balaban J connectivity index is 1.46. The molecule has 0 atom stereocenters. The van der Waals surface area contributed by atoms with Gasteiger partial charge in [0.05, 0.1) is 22.1 Å². The molecule has 0 aliphatic heterocycles. The van der Waals surface area contributed by atoms with E-state index in [9.17, 15) is 0 Å². The Kier molecular flexibility index (Phi) is 5.93. The molecule has 48 heavy (non-hydrogen) atoms. The number of hydrogen-bond donors (Lipinski definition) is 0. The SMILES string of the molecule is C1=CC(c2nc(-c3ccccc3)nc(-n3c4ccccc4c4c5ccccc5c5c6ccccc6n(-c6ccccc6)c5c43)n2)=CCC1. The lowest BCUT2D eigenvalue weighted by atomic mass is 9.98. The third kappa shape index (κ3) is 3.94. The second-order valence-corrected chi connectivity index (χ2v) is 12.3. The lowest BCUT2D eigenvalue weighted by Gasteiger charge is -2.14. The van der Waals surface area contributed by atoms with Crippen molar-refractivity contribution in [1.82, 2.24) is 24.1 Å². The van der Waals surface area contributed by atoms with E-state index in [1.165, 1.54) is 26.9 Å². The summed E-state index contributed by atoms with van der Waals surface area (Å²) in [4.78, 5) is 15.6. The molecular weight excluding hydrogens is 587 g/mol. The van der Waals surface area contributed by atoms with Crippen molar-refractivity contribution in [3.8, 4) is 23.0 Å². The second kappa shape index (κ2) is 10.6. The molecule has 226 valence electrons. The number of nitrogens with zero attached hydrogens (tertiary/aromatic N) is 5. The second-order valence-electron chi connectivity index (χ2n) is 12.3. The minimum atomic E-state index is 0.603. The van der Waals surface area contributed by atoms with E-state index in [1.54, 1.807) is 0 Å². The van der Waals surface area contributed by atoms with Crippen LogP contribution in [0.5, 0.6) is 0 Å². The van der Waals surface area contributed by atoms with Gasteiger partial charge in [-0.2, -0.15) is 9.97 Å². The van der Waals surface area contributed by atoms with E-state index in [-0.39, 0.29) is 0 Å². The molecule has 6 aromatic carbocycles. The number of aromatic nitrogens is 5. The molecule has 1 aliphatic rings. The highest BCUT2D eigenvalue weighted by atomic mass is 15.2. The van der Waals surface area contributed by atoms with Gasteiger partial charge in [0.2, 0.25) is 5.95 Å². The summed E-state index contributed by atoms with van der Waals surface area (Å²) in [6, 6.07) is 47.1. The molecule has 0 unspecified atom stereocenters. The Morgan fingerprint density at radius 1 is 0.458 bits per heavy atom. The molecule has 10 rings (SSSR count). The fourth-order valence-corrected chi connectivity index (χ4v) is 7.54. The van der Waals surface area contributed by atoms with Crippen molar-refractivity contribution in [3.63, 3.8) is 0 Å². The van der Waals surface area contributed by atoms with Crippen LogP contribution in [0.2, 0.25) is 0 Å². The van der Waals surface area contributed by atoms with Crippen LogP contribution in [0.1, 0.15) is 18.7 Å². The van der Waals surface area contributed by atoms with Crippen molar-refractivity contribution in [2.75, 3.05) is 0 Å². The molecule has 0 fully saturated rings. The average molecular weight is 616 g/mol. The van der Waals surface area contributed by atoms with Crippen LogP contribution in [0.4, 0.5) is 0 Å². The van der Waals surface area contributed by atoms with Gasteiger partial charge >= 0.3 is 0 Å². The van der Waals surface area contributed by atoms with Crippen LogP contribution in [0.3, 0.4) is 0 Å². The molecule has 3 heterocycles. The maximum atomic E-state index is 5.28. The van der Waals surface area contributed by atoms with Gasteiger partial charge in [0.15, 0.2) is 11.6 Å². The van der Waals surface area contributed by atoms with E-state index in [0.717, 1.165) is 57.1 Å². The van der Waals surface area contributed by atoms with E-state index < -0.39 is 0 Å². The summed E-state index contributed by atoms with van der Waals surface area (Å²) in [5.74, 6) is 1.94. The van der Waals surface area contributed by atoms with Crippen LogP contribution in [0, 0.1) is 0 Å². The quantitative estimate of drug-likeness (QED) is 0.198. The molecule has 9 aromatic rings. The zero-order chi connectivity index (χ0) is 31.6.